The summed E-state index contributed by atoms with van der Waals surface area (Å²) in [5.74, 6) is 0.702. The average molecular weight is 269 g/mol. The van der Waals surface area contributed by atoms with Gasteiger partial charge in [0.05, 0.1) is 11.5 Å². The first-order valence-electron chi connectivity index (χ1n) is 6.34. The minimum atomic E-state index is -3.26. The monoisotopic (exact) mass is 269 g/mol. The molecule has 0 aromatic heterocycles. The minimum absolute atomic E-state index is 0.366. The second-order valence-corrected chi connectivity index (χ2v) is 6.52. The van der Waals surface area contributed by atoms with Gasteiger partial charge in [-0.1, -0.05) is 0 Å². The van der Waals surface area contributed by atoms with Crippen LogP contribution in [0.2, 0.25) is 0 Å². The van der Waals surface area contributed by atoms with Gasteiger partial charge < -0.3 is 10.1 Å². The molecular weight excluding hydrogens is 250 g/mol. The average Bonchev–Trinajstić information content (AvgIpc) is 2.41. The lowest BCUT2D eigenvalue weighted by atomic mass is 10.2. The number of piperidine rings is 1. The van der Waals surface area contributed by atoms with Crippen molar-refractivity contribution >= 4 is 9.84 Å². The van der Waals surface area contributed by atoms with Crippen molar-refractivity contribution in [2.24, 2.45) is 0 Å². The molecule has 0 saturated carbocycles. The Bertz CT molecular complexity index is 475. The lowest BCUT2D eigenvalue weighted by molar-refractivity contribution is 0.340. The second-order valence-electron chi connectivity index (χ2n) is 4.39. The molecule has 100 valence electrons. The third-order valence-corrected chi connectivity index (χ3v) is 5.18. The normalized spacial score (nSPS) is 20.6. The molecule has 1 saturated heterocycles. The molecule has 1 heterocycles. The van der Waals surface area contributed by atoms with Crippen molar-refractivity contribution in [2.45, 2.75) is 36.5 Å². The van der Waals surface area contributed by atoms with Crippen molar-refractivity contribution in [2.75, 3.05) is 13.2 Å². The highest BCUT2D eigenvalue weighted by molar-refractivity contribution is 7.92. The van der Waals surface area contributed by atoms with E-state index in [0.717, 1.165) is 19.4 Å². The van der Waals surface area contributed by atoms with Gasteiger partial charge in [-0.05, 0) is 57.0 Å². The summed E-state index contributed by atoms with van der Waals surface area (Å²) >= 11 is 0. The summed E-state index contributed by atoms with van der Waals surface area (Å²) in [6.45, 7) is 3.26. The van der Waals surface area contributed by atoms with E-state index in [0.29, 0.717) is 23.7 Å². The molecule has 0 spiro atoms. The molecule has 1 atom stereocenters. The van der Waals surface area contributed by atoms with Gasteiger partial charge in [-0.3, -0.25) is 0 Å². The number of ether oxygens (including phenoxy) is 1. The molecule has 0 radical (unpaired) electrons. The van der Waals surface area contributed by atoms with E-state index in [-0.39, 0.29) is 0 Å². The molecule has 1 unspecified atom stereocenters. The fourth-order valence-corrected chi connectivity index (χ4v) is 3.80. The maximum Gasteiger partial charge on any atom is 0.194 e. The molecule has 1 aliphatic rings. The number of sulfone groups is 1. The molecule has 1 fully saturated rings. The van der Waals surface area contributed by atoms with Crippen LogP contribution >= 0.6 is 0 Å². The van der Waals surface area contributed by atoms with E-state index >= 15 is 0 Å². The summed E-state index contributed by atoms with van der Waals surface area (Å²) in [6.07, 6.45) is 2.71. The maximum atomic E-state index is 12.4. The molecule has 1 aromatic carbocycles. The Labute approximate surface area is 108 Å². The molecule has 1 N–H and O–H groups in total. The topological polar surface area (TPSA) is 55.4 Å². The number of benzene rings is 1. The Morgan fingerprint density at radius 3 is 2.56 bits per heavy atom. The van der Waals surface area contributed by atoms with E-state index in [1.807, 2.05) is 6.92 Å². The van der Waals surface area contributed by atoms with Crippen molar-refractivity contribution < 1.29 is 13.2 Å². The molecule has 18 heavy (non-hydrogen) atoms. The van der Waals surface area contributed by atoms with Crippen LogP contribution in [0.4, 0.5) is 0 Å². The Morgan fingerprint density at radius 2 is 2.00 bits per heavy atom. The predicted octanol–water partition coefficient (Wildman–Crippen LogP) is 1.96. The Balaban J connectivity index is 2.18. The van der Waals surface area contributed by atoms with Crippen molar-refractivity contribution in [3.8, 4) is 5.75 Å². The predicted molar refractivity (Wildman–Crippen MR) is 70.4 cm³/mol. The fraction of sp³-hybridized carbons (Fsp3) is 0.538. The van der Waals surface area contributed by atoms with E-state index in [1.165, 1.54) is 0 Å². The van der Waals surface area contributed by atoms with Gasteiger partial charge in [-0.15, -0.1) is 0 Å². The van der Waals surface area contributed by atoms with Gasteiger partial charge in [0.25, 0.3) is 0 Å². The smallest absolute Gasteiger partial charge is 0.194 e. The Morgan fingerprint density at radius 1 is 1.28 bits per heavy atom. The van der Waals surface area contributed by atoms with Crippen LogP contribution in [0.1, 0.15) is 26.2 Å². The van der Waals surface area contributed by atoms with Crippen LogP contribution in [0.3, 0.4) is 0 Å². The van der Waals surface area contributed by atoms with E-state index in [9.17, 15) is 8.42 Å². The molecule has 0 aliphatic carbocycles. The van der Waals surface area contributed by atoms with Crippen LogP contribution in [0, 0.1) is 0 Å². The zero-order valence-electron chi connectivity index (χ0n) is 10.6. The second kappa shape index (κ2) is 5.71. The largest absolute Gasteiger partial charge is 0.494 e. The minimum Gasteiger partial charge on any atom is -0.494 e. The number of rotatable bonds is 4. The van der Waals surface area contributed by atoms with E-state index in [4.69, 9.17) is 4.74 Å². The third-order valence-electron chi connectivity index (χ3n) is 3.10. The first kappa shape index (κ1) is 13.4. The molecule has 1 aliphatic heterocycles. The van der Waals surface area contributed by atoms with Crippen molar-refractivity contribution in [3.63, 3.8) is 0 Å². The van der Waals surface area contributed by atoms with Crippen molar-refractivity contribution in [1.29, 1.82) is 0 Å². The van der Waals surface area contributed by atoms with E-state index in [2.05, 4.69) is 5.32 Å². The fourth-order valence-electron chi connectivity index (χ4n) is 2.14. The third kappa shape index (κ3) is 2.84. The van der Waals surface area contributed by atoms with Gasteiger partial charge in [-0.25, -0.2) is 8.42 Å². The van der Waals surface area contributed by atoms with Crippen LogP contribution in [0.5, 0.6) is 5.75 Å². The first-order valence-corrected chi connectivity index (χ1v) is 7.89. The lowest BCUT2D eigenvalue weighted by Gasteiger charge is -2.23. The highest BCUT2D eigenvalue weighted by Gasteiger charge is 2.28. The highest BCUT2D eigenvalue weighted by atomic mass is 32.2. The Kier molecular flexibility index (Phi) is 4.24. The summed E-state index contributed by atoms with van der Waals surface area (Å²) in [5.41, 5.74) is 0. The van der Waals surface area contributed by atoms with E-state index in [1.54, 1.807) is 24.3 Å². The molecule has 5 heteroatoms. The van der Waals surface area contributed by atoms with Crippen LogP contribution in [0.25, 0.3) is 0 Å². The molecule has 4 nitrogen and oxygen atoms in total. The van der Waals surface area contributed by atoms with Crippen LogP contribution in [-0.4, -0.2) is 26.9 Å². The number of nitrogens with one attached hydrogen (secondary N) is 1. The molecule has 1 aromatic rings. The van der Waals surface area contributed by atoms with Crippen LogP contribution < -0.4 is 10.1 Å². The quantitative estimate of drug-likeness (QED) is 0.908. The van der Waals surface area contributed by atoms with Crippen LogP contribution in [-0.2, 0) is 9.84 Å². The van der Waals surface area contributed by atoms with Crippen LogP contribution in [0.15, 0.2) is 29.2 Å². The molecular formula is C13H19NO3S. The molecule has 0 amide bonds. The Hall–Kier alpha value is -1.07. The number of hydrogen-bond acceptors (Lipinski definition) is 4. The number of hydrogen-bond donors (Lipinski definition) is 1. The van der Waals surface area contributed by atoms with Gasteiger partial charge in [-0.2, -0.15) is 0 Å². The highest BCUT2D eigenvalue weighted by Crippen LogP contribution is 2.23. The summed E-state index contributed by atoms with van der Waals surface area (Å²) in [4.78, 5) is 0.366. The van der Waals surface area contributed by atoms with Gasteiger partial charge in [0, 0.05) is 0 Å². The summed E-state index contributed by atoms with van der Waals surface area (Å²) in [7, 11) is -3.26. The maximum absolute atomic E-state index is 12.4. The zero-order chi connectivity index (χ0) is 13.0. The molecule has 2 rings (SSSR count). The first-order chi connectivity index (χ1) is 8.64. The summed E-state index contributed by atoms with van der Waals surface area (Å²) < 4.78 is 30.0. The van der Waals surface area contributed by atoms with Gasteiger partial charge >= 0.3 is 0 Å². The standard InChI is InChI=1S/C13H19NO3S/c1-2-17-11-6-8-12(9-7-11)18(15,16)13-5-3-4-10-14-13/h6-9,13-14H,2-5,10H2,1H3. The van der Waals surface area contributed by atoms with Gasteiger partial charge in [0.1, 0.15) is 11.1 Å². The SMILES string of the molecule is CCOc1ccc(S(=O)(=O)C2CCCCN2)cc1. The lowest BCUT2D eigenvalue weighted by Crippen LogP contribution is -2.40. The van der Waals surface area contributed by atoms with Crippen molar-refractivity contribution in [1.82, 2.24) is 5.32 Å². The van der Waals surface area contributed by atoms with E-state index < -0.39 is 15.2 Å². The summed E-state index contributed by atoms with van der Waals surface area (Å²) in [5, 5.41) is 2.64. The molecule has 0 bridgehead atoms. The van der Waals surface area contributed by atoms with Crippen molar-refractivity contribution in [3.05, 3.63) is 24.3 Å². The summed E-state index contributed by atoms with van der Waals surface area (Å²) in [6, 6.07) is 6.66. The zero-order valence-corrected chi connectivity index (χ0v) is 11.4. The van der Waals surface area contributed by atoms with Gasteiger partial charge in [0.15, 0.2) is 9.84 Å². The van der Waals surface area contributed by atoms with Gasteiger partial charge in [0.2, 0.25) is 0 Å².